The van der Waals surface area contributed by atoms with Crippen LogP contribution < -0.4 is 14.4 Å². The van der Waals surface area contributed by atoms with Crippen molar-refractivity contribution < 1.29 is 17.9 Å². The first-order valence-electron chi connectivity index (χ1n) is 9.24. The van der Waals surface area contributed by atoms with Crippen molar-refractivity contribution in [2.24, 2.45) is 0 Å². The average Bonchev–Trinajstić information content (AvgIpc) is 2.65. The van der Waals surface area contributed by atoms with Crippen LogP contribution in [0.1, 0.15) is 31.4 Å². The van der Waals surface area contributed by atoms with Gasteiger partial charge in [0.05, 0.1) is 18.5 Å². The Hall–Kier alpha value is -2.54. The lowest BCUT2D eigenvalue weighted by molar-refractivity contribution is -0.123. The summed E-state index contributed by atoms with van der Waals surface area (Å²) in [6.45, 7) is 6.08. The van der Waals surface area contributed by atoms with Crippen LogP contribution in [0, 0.1) is 6.92 Å². The van der Waals surface area contributed by atoms with E-state index in [0.29, 0.717) is 11.4 Å². The van der Waals surface area contributed by atoms with Crippen LogP contribution in [0.25, 0.3) is 0 Å². The molecule has 0 aliphatic carbocycles. The van der Waals surface area contributed by atoms with Gasteiger partial charge in [-0.1, -0.05) is 36.8 Å². The summed E-state index contributed by atoms with van der Waals surface area (Å²) in [5, 5.41) is 2.83. The summed E-state index contributed by atoms with van der Waals surface area (Å²) < 4.78 is 31.4. The fraction of sp³-hybridized carbons (Fsp3) is 0.381. The highest BCUT2D eigenvalue weighted by atomic mass is 32.2. The van der Waals surface area contributed by atoms with Crippen molar-refractivity contribution in [3.8, 4) is 5.75 Å². The summed E-state index contributed by atoms with van der Waals surface area (Å²) in [5.74, 6) is 0.322. The minimum absolute atomic E-state index is 0.0805. The van der Waals surface area contributed by atoms with Gasteiger partial charge in [-0.15, -0.1) is 0 Å². The van der Waals surface area contributed by atoms with Crippen LogP contribution in [0.15, 0.2) is 48.5 Å². The third-order valence-electron chi connectivity index (χ3n) is 4.36. The van der Waals surface area contributed by atoms with Crippen molar-refractivity contribution in [3.05, 3.63) is 59.7 Å². The number of nitrogens with one attached hydrogen (secondary N) is 1. The molecule has 0 bridgehead atoms. The highest BCUT2D eigenvalue weighted by Crippen LogP contribution is 2.24. The number of anilines is 1. The fourth-order valence-electron chi connectivity index (χ4n) is 2.54. The van der Waals surface area contributed by atoms with Crippen LogP contribution >= 0.6 is 0 Å². The summed E-state index contributed by atoms with van der Waals surface area (Å²) in [6.07, 6.45) is 2.04. The maximum absolute atomic E-state index is 12.3. The summed E-state index contributed by atoms with van der Waals surface area (Å²) in [5.41, 5.74) is 2.56. The van der Waals surface area contributed by atoms with Gasteiger partial charge in [0, 0.05) is 6.04 Å². The first-order chi connectivity index (χ1) is 13.2. The molecule has 1 N–H and O–H groups in total. The lowest BCUT2D eigenvalue weighted by atomic mass is 10.1. The van der Waals surface area contributed by atoms with E-state index < -0.39 is 10.0 Å². The van der Waals surface area contributed by atoms with Crippen molar-refractivity contribution in [2.45, 2.75) is 39.8 Å². The first kappa shape index (κ1) is 21.8. The molecule has 2 aromatic rings. The van der Waals surface area contributed by atoms with Gasteiger partial charge in [-0.05, 0) is 50.1 Å². The van der Waals surface area contributed by atoms with Crippen molar-refractivity contribution in [1.29, 1.82) is 0 Å². The number of hydrogen-bond acceptors (Lipinski definition) is 4. The Balaban J connectivity index is 2.07. The largest absolute Gasteiger partial charge is 0.484 e. The number of carbonyl (C=O) groups excluding carboxylic acids is 1. The fourth-order valence-corrected chi connectivity index (χ4v) is 3.42. The monoisotopic (exact) mass is 404 g/mol. The minimum atomic E-state index is -3.45. The standard InChI is InChI=1S/C21H28N2O4S/c1-5-17(3)22-21(24)15-27-20-12-10-19(11-13-20)23(28(4,25)26)14-18-8-6-16(2)7-9-18/h6-13,17H,5,14-15H2,1-4H3,(H,22,24)/t17-/m1/s1. The second-order valence-electron chi connectivity index (χ2n) is 6.91. The topological polar surface area (TPSA) is 75.7 Å². The molecule has 0 radical (unpaired) electrons. The highest BCUT2D eigenvalue weighted by molar-refractivity contribution is 7.92. The van der Waals surface area contributed by atoms with Gasteiger partial charge in [-0.3, -0.25) is 9.10 Å². The lowest BCUT2D eigenvalue weighted by Crippen LogP contribution is -2.35. The number of sulfonamides is 1. The van der Waals surface area contributed by atoms with Gasteiger partial charge in [-0.25, -0.2) is 8.42 Å². The number of benzene rings is 2. The van der Waals surface area contributed by atoms with Crippen LogP contribution in [-0.2, 0) is 21.4 Å². The van der Waals surface area contributed by atoms with Gasteiger partial charge in [-0.2, -0.15) is 0 Å². The summed E-state index contributed by atoms with van der Waals surface area (Å²) >= 11 is 0. The van der Waals surface area contributed by atoms with Gasteiger partial charge in [0.25, 0.3) is 5.91 Å². The van der Waals surface area contributed by atoms with Crippen LogP contribution in [0.5, 0.6) is 5.75 Å². The smallest absolute Gasteiger partial charge is 0.258 e. The molecule has 2 aromatic carbocycles. The number of aryl methyl sites for hydroxylation is 1. The second-order valence-corrected chi connectivity index (χ2v) is 8.82. The SMILES string of the molecule is CC[C@@H](C)NC(=O)COc1ccc(N(Cc2ccc(C)cc2)S(C)(=O)=O)cc1. The van der Waals surface area contributed by atoms with Gasteiger partial charge in [0.2, 0.25) is 10.0 Å². The Bertz CT molecular complexity index is 878. The van der Waals surface area contributed by atoms with Crippen molar-refractivity contribution in [2.75, 3.05) is 17.2 Å². The number of hydrogen-bond donors (Lipinski definition) is 1. The molecule has 0 saturated heterocycles. The molecule has 0 heterocycles. The third-order valence-corrected chi connectivity index (χ3v) is 5.50. The van der Waals surface area contributed by atoms with Crippen LogP contribution in [0.2, 0.25) is 0 Å². The molecule has 28 heavy (non-hydrogen) atoms. The Kier molecular flexibility index (Phi) is 7.45. The van der Waals surface area contributed by atoms with Gasteiger partial charge in [0.1, 0.15) is 5.75 Å². The minimum Gasteiger partial charge on any atom is -0.484 e. The molecule has 0 aliphatic heterocycles. The lowest BCUT2D eigenvalue weighted by Gasteiger charge is -2.23. The van der Waals surface area contributed by atoms with E-state index in [0.717, 1.165) is 17.5 Å². The quantitative estimate of drug-likeness (QED) is 0.696. The van der Waals surface area contributed by atoms with E-state index in [1.54, 1.807) is 24.3 Å². The molecule has 1 amide bonds. The molecule has 0 saturated carbocycles. The molecular formula is C21H28N2O4S. The number of ether oxygens (including phenoxy) is 1. The average molecular weight is 405 g/mol. The van der Waals surface area contributed by atoms with E-state index in [-0.39, 0.29) is 25.1 Å². The van der Waals surface area contributed by atoms with E-state index in [4.69, 9.17) is 4.74 Å². The van der Waals surface area contributed by atoms with Crippen molar-refractivity contribution >= 4 is 21.6 Å². The van der Waals surface area contributed by atoms with E-state index in [1.165, 1.54) is 10.6 Å². The Morgan fingerprint density at radius 2 is 1.71 bits per heavy atom. The zero-order valence-corrected chi connectivity index (χ0v) is 17.6. The maximum atomic E-state index is 12.3. The summed E-state index contributed by atoms with van der Waals surface area (Å²) in [6, 6.07) is 14.5. The number of carbonyl (C=O) groups is 1. The highest BCUT2D eigenvalue weighted by Gasteiger charge is 2.18. The molecule has 0 unspecified atom stereocenters. The Morgan fingerprint density at radius 1 is 1.11 bits per heavy atom. The first-order valence-corrected chi connectivity index (χ1v) is 11.1. The maximum Gasteiger partial charge on any atom is 0.258 e. The summed E-state index contributed by atoms with van der Waals surface area (Å²) in [4.78, 5) is 11.8. The Labute approximate surface area is 167 Å². The van der Waals surface area contributed by atoms with Crippen molar-refractivity contribution in [3.63, 3.8) is 0 Å². The zero-order chi connectivity index (χ0) is 20.7. The molecule has 1 atom stereocenters. The molecule has 6 nitrogen and oxygen atoms in total. The molecular weight excluding hydrogens is 376 g/mol. The molecule has 0 spiro atoms. The van der Waals surface area contributed by atoms with E-state index in [1.807, 2.05) is 45.0 Å². The van der Waals surface area contributed by atoms with E-state index >= 15 is 0 Å². The zero-order valence-electron chi connectivity index (χ0n) is 16.8. The molecule has 7 heteroatoms. The van der Waals surface area contributed by atoms with Gasteiger partial charge < -0.3 is 10.1 Å². The van der Waals surface area contributed by atoms with Gasteiger partial charge >= 0.3 is 0 Å². The molecule has 152 valence electrons. The van der Waals surface area contributed by atoms with E-state index in [2.05, 4.69) is 5.32 Å². The molecule has 0 aromatic heterocycles. The number of nitrogens with zero attached hydrogens (tertiary/aromatic N) is 1. The van der Waals surface area contributed by atoms with Gasteiger partial charge in [0.15, 0.2) is 6.61 Å². The predicted octanol–water partition coefficient (Wildman–Crippen LogP) is 3.25. The number of amides is 1. The normalized spacial score (nSPS) is 12.3. The molecule has 0 fully saturated rings. The number of rotatable bonds is 9. The second kappa shape index (κ2) is 9.59. The molecule has 0 aliphatic rings. The van der Waals surface area contributed by atoms with Crippen LogP contribution in [0.3, 0.4) is 0 Å². The van der Waals surface area contributed by atoms with Crippen LogP contribution in [-0.4, -0.2) is 33.2 Å². The van der Waals surface area contributed by atoms with E-state index in [9.17, 15) is 13.2 Å². The Morgan fingerprint density at radius 3 is 2.25 bits per heavy atom. The molecule has 2 rings (SSSR count). The summed E-state index contributed by atoms with van der Waals surface area (Å²) in [7, 11) is -3.45. The predicted molar refractivity (Wildman–Crippen MR) is 112 cm³/mol. The third kappa shape index (κ3) is 6.56. The van der Waals surface area contributed by atoms with Crippen molar-refractivity contribution in [1.82, 2.24) is 5.32 Å². The van der Waals surface area contributed by atoms with Crippen LogP contribution in [0.4, 0.5) is 5.69 Å².